The van der Waals surface area contributed by atoms with E-state index in [2.05, 4.69) is 5.32 Å². The van der Waals surface area contributed by atoms with Gasteiger partial charge in [-0.15, -0.1) is 0 Å². The van der Waals surface area contributed by atoms with Crippen LogP contribution in [0.2, 0.25) is 0 Å². The Morgan fingerprint density at radius 1 is 1.35 bits per heavy atom. The molecule has 5 heteroatoms. The molecule has 1 aromatic rings. The van der Waals surface area contributed by atoms with E-state index in [9.17, 15) is 9.59 Å². The number of aliphatic carboxylic acids is 1. The van der Waals surface area contributed by atoms with Crippen LogP contribution < -0.4 is 10.1 Å². The molecular formula is C15H19NO4. The maximum atomic E-state index is 11.5. The van der Waals surface area contributed by atoms with Crippen LogP contribution in [0.4, 0.5) is 0 Å². The third-order valence-corrected chi connectivity index (χ3v) is 3.47. The molecule has 2 rings (SSSR count). The maximum Gasteiger partial charge on any atom is 0.308 e. The number of ether oxygens (including phenoxy) is 1. The second-order valence-electron chi connectivity index (χ2n) is 5.12. The molecule has 20 heavy (non-hydrogen) atoms. The van der Waals surface area contributed by atoms with E-state index in [1.54, 1.807) is 6.92 Å². The smallest absolute Gasteiger partial charge is 0.308 e. The summed E-state index contributed by atoms with van der Waals surface area (Å²) < 4.78 is 5.43. The highest BCUT2D eigenvalue weighted by Crippen LogP contribution is 2.25. The number of hydrogen-bond donors (Lipinski definition) is 2. The Kier molecular flexibility index (Phi) is 4.61. The van der Waals surface area contributed by atoms with Crippen LogP contribution in [-0.4, -0.2) is 30.1 Å². The van der Waals surface area contributed by atoms with Gasteiger partial charge >= 0.3 is 5.97 Å². The summed E-state index contributed by atoms with van der Waals surface area (Å²) in [5, 5.41) is 11.3. The van der Waals surface area contributed by atoms with E-state index < -0.39 is 11.9 Å². The Balaban J connectivity index is 1.77. The summed E-state index contributed by atoms with van der Waals surface area (Å²) in [6, 6.07) is 5.90. The van der Waals surface area contributed by atoms with Crippen molar-refractivity contribution in [3.05, 3.63) is 29.3 Å². The zero-order chi connectivity index (χ0) is 14.5. The minimum absolute atomic E-state index is 0.0921. The van der Waals surface area contributed by atoms with E-state index in [-0.39, 0.29) is 19.1 Å². The standard InChI is InChI=1S/C15H19NO4/c1-10(15(18)19)8-16-14(17)9-20-13-6-5-11-3-2-4-12(11)7-13/h5-7,10H,2-4,8-9H2,1H3,(H,16,17)(H,18,19). The van der Waals surface area contributed by atoms with E-state index in [0.717, 1.165) is 12.8 Å². The molecule has 0 saturated heterocycles. The second-order valence-corrected chi connectivity index (χ2v) is 5.12. The molecule has 1 aromatic carbocycles. The molecule has 5 nitrogen and oxygen atoms in total. The Morgan fingerprint density at radius 3 is 2.85 bits per heavy atom. The van der Waals surface area contributed by atoms with Crippen LogP contribution in [0.1, 0.15) is 24.5 Å². The number of amides is 1. The average molecular weight is 277 g/mol. The summed E-state index contributed by atoms with van der Waals surface area (Å²) >= 11 is 0. The summed E-state index contributed by atoms with van der Waals surface area (Å²) in [7, 11) is 0. The number of carbonyl (C=O) groups excluding carboxylic acids is 1. The van der Waals surface area contributed by atoms with Gasteiger partial charge in [0, 0.05) is 6.54 Å². The Hall–Kier alpha value is -2.04. The van der Waals surface area contributed by atoms with Gasteiger partial charge in [-0.3, -0.25) is 9.59 Å². The molecule has 2 N–H and O–H groups in total. The second kappa shape index (κ2) is 6.41. The van der Waals surface area contributed by atoms with Crippen LogP contribution in [0.15, 0.2) is 18.2 Å². The molecule has 1 unspecified atom stereocenters. The van der Waals surface area contributed by atoms with Gasteiger partial charge in [0.25, 0.3) is 5.91 Å². The number of rotatable bonds is 6. The summed E-state index contributed by atoms with van der Waals surface area (Å²) in [5.41, 5.74) is 2.65. The average Bonchev–Trinajstić information content (AvgIpc) is 2.89. The molecule has 1 amide bonds. The highest BCUT2D eigenvalue weighted by atomic mass is 16.5. The van der Waals surface area contributed by atoms with Gasteiger partial charge in [-0.25, -0.2) is 0 Å². The van der Waals surface area contributed by atoms with E-state index in [1.165, 1.54) is 17.5 Å². The van der Waals surface area contributed by atoms with Crippen molar-refractivity contribution in [2.75, 3.05) is 13.2 Å². The summed E-state index contributed by atoms with van der Waals surface area (Å²) in [4.78, 5) is 22.2. The molecule has 108 valence electrons. The lowest BCUT2D eigenvalue weighted by atomic mass is 10.1. The molecule has 0 radical (unpaired) electrons. The number of aryl methyl sites for hydroxylation is 2. The molecule has 0 aliphatic heterocycles. The topological polar surface area (TPSA) is 75.6 Å². The van der Waals surface area contributed by atoms with Gasteiger partial charge in [0.2, 0.25) is 0 Å². The number of carboxylic acids is 1. The molecule has 0 bridgehead atoms. The summed E-state index contributed by atoms with van der Waals surface area (Å²) in [5.74, 6) is -1.14. The molecule has 0 heterocycles. The monoisotopic (exact) mass is 277 g/mol. The minimum Gasteiger partial charge on any atom is -0.484 e. The van der Waals surface area contributed by atoms with Crippen molar-refractivity contribution in [1.82, 2.24) is 5.32 Å². The van der Waals surface area contributed by atoms with Crippen LogP contribution in [0.3, 0.4) is 0 Å². The summed E-state index contributed by atoms with van der Waals surface area (Å²) in [6.07, 6.45) is 3.35. The van der Waals surface area contributed by atoms with Gasteiger partial charge in [-0.1, -0.05) is 13.0 Å². The van der Waals surface area contributed by atoms with Crippen molar-refractivity contribution >= 4 is 11.9 Å². The van der Waals surface area contributed by atoms with Crippen LogP contribution in [0.25, 0.3) is 0 Å². The van der Waals surface area contributed by atoms with Crippen molar-refractivity contribution in [1.29, 1.82) is 0 Å². The first-order chi connectivity index (χ1) is 9.56. The Bertz CT molecular complexity index is 513. The number of benzene rings is 1. The summed E-state index contributed by atoms with van der Waals surface area (Å²) in [6.45, 7) is 1.57. The zero-order valence-electron chi connectivity index (χ0n) is 11.5. The lowest BCUT2D eigenvalue weighted by Gasteiger charge is -2.10. The zero-order valence-corrected chi connectivity index (χ0v) is 11.5. The predicted octanol–water partition coefficient (Wildman–Crippen LogP) is 1.39. The lowest BCUT2D eigenvalue weighted by molar-refractivity contribution is -0.141. The number of carbonyl (C=O) groups is 2. The van der Waals surface area contributed by atoms with Crippen LogP contribution in [0, 0.1) is 5.92 Å². The van der Waals surface area contributed by atoms with E-state index in [4.69, 9.17) is 9.84 Å². The molecule has 1 aliphatic carbocycles. The van der Waals surface area contributed by atoms with Crippen LogP contribution >= 0.6 is 0 Å². The van der Waals surface area contributed by atoms with E-state index in [1.807, 2.05) is 18.2 Å². The van der Waals surface area contributed by atoms with Crippen molar-refractivity contribution < 1.29 is 19.4 Å². The fourth-order valence-electron chi connectivity index (χ4n) is 2.19. The SMILES string of the molecule is CC(CNC(=O)COc1ccc2c(c1)CCC2)C(=O)O. The highest BCUT2D eigenvalue weighted by molar-refractivity contribution is 5.78. The quantitative estimate of drug-likeness (QED) is 0.824. The first-order valence-corrected chi connectivity index (χ1v) is 6.80. The van der Waals surface area contributed by atoms with Crippen molar-refractivity contribution in [2.45, 2.75) is 26.2 Å². The van der Waals surface area contributed by atoms with Crippen molar-refractivity contribution in [2.24, 2.45) is 5.92 Å². The third kappa shape index (κ3) is 3.73. The molecule has 1 aliphatic rings. The Labute approximate surface area is 117 Å². The molecule has 1 atom stereocenters. The van der Waals surface area contributed by atoms with Gasteiger partial charge in [0.1, 0.15) is 5.75 Å². The van der Waals surface area contributed by atoms with E-state index >= 15 is 0 Å². The normalized spacial score (nSPS) is 14.4. The number of nitrogens with one attached hydrogen (secondary N) is 1. The van der Waals surface area contributed by atoms with Crippen molar-refractivity contribution in [3.8, 4) is 5.75 Å². The molecule has 0 spiro atoms. The fourth-order valence-corrected chi connectivity index (χ4v) is 2.19. The Morgan fingerprint density at radius 2 is 2.10 bits per heavy atom. The van der Waals surface area contributed by atoms with Gasteiger partial charge < -0.3 is 15.2 Å². The highest BCUT2D eigenvalue weighted by Gasteiger charge is 2.13. The molecule has 0 fully saturated rings. The first-order valence-electron chi connectivity index (χ1n) is 6.80. The molecule has 0 saturated carbocycles. The number of carboxylic acid groups (broad SMARTS) is 1. The predicted molar refractivity (Wildman–Crippen MR) is 73.8 cm³/mol. The number of hydrogen-bond acceptors (Lipinski definition) is 3. The fraction of sp³-hybridized carbons (Fsp3) is 0.467. The van der Waals surface area contributed by atoms with Gasteiger partial charge in [0.05, 0.1) is 5.92 Å². The van der Waals surface area contributed by atoms with Crippen LogP contribution in [-0.2, 0) is 22.4 Å². The number of fused-ring (bicyclic) bond motifs is 1. The third-order valence-electron chi connectivity index (χ3n) is 3.47. The van der Waals surface area contributed by atoms with Gasteiger partial charge in [0.15, 0.2) is 6.61 Å². The van der Waals surface area contributed by atoms with Crippen LogP contribution in [0.5, 0.6) is 5.75 Å². The van der Waals surface area contributed by atoms with Gasteiger partial charge in [-0.05, 0) is 42.5 Å². The van der Waals surface area contributed by atoms with Gasteiger partial charge in [-0.2, -0.15) is 0 Å². The first kappa shape index (κ1) is 14.4. The minimum atomic E-state index is -0.926. The van der Waals surface area contributed by atoms with E-state index in [0.29, 0.717) is 5.75 Å². The lowest BCUT2D eigenvalue weighted by Crippen LogP contribution is -2.34. The largest absolute Gasteiger partial charge is 0.484 e. The molecule has 0 aromatic heterocycles. The molecular weight excluding hydrogens is 258 g/mol. The maximum absolute atomic E-state index is 11.5. The van der Waals surface area contributed by atoms with Crippen molar-refractivity contribution in [3.63, 3.8) is 0 Å².